The highest BCUT2D eigenvalue weighted by molar-refractivity contribution is 5.74. The Hall–Kier alpha value is -4.16. The molecule has 0 aromatic carbocycles. The minimum atomic E-state index is -2.67. The highest BCUT2D eigenvalue weighted by Gasteiger charge is 2.63. The van der Waals surface area contributed by atoms with E-state index < -0.39 is 427 Å². The zero-order valence-corrected chi connectivity index (χ0v) is 71.4. The highest BCUT2D eigenvalue weighted by atomic mass is 16.8. The second-order valence-corrected chi connectivity index (χ2v) is 33.8. The molecule has 11 saturated heterocycles. The maximum Gasteiger partial charge on any atom is 0.217 e. The van der Waals surface area contributed by atoms with Crippen LogP contribution in [0.25, 0.3) is 0 Å². The van der Waals surface area contributed by atoms with Crippen LogP contribution in [0.4, 0.5) is 0 Å². The average molecular weight is 1950 g/mol. The molecular formula is C74H124N4O55. The van der Waals surface area contributed by atoms with Crippen LogP contribution in [0.3, 0.4) is 0 Å². The van der Waals surface area contributed by atoms with Gasteiger partial charge in [-0.05, 0) is 6.92 Å². The molecule has 0 spiro atoms. The third-order valence-corrected chi connectivity index (χ3v) is 24.5. The van der Waals surface area contributed by atoms with E-state index in [2.05, 4.69) is 21.3 Å². The fourth-order valence-electron chi connectivity index (χ4n) is 17.3. The number of ether oxygens (including phenoxy) is 21. The first kappa shape index (κ1) is 109. The summed E-state index contributed by atoms with van der Waals surface area (Å²) < 4.78 is 125. The van der Waals surface area contributed by atoms with E-state index in [4.69, 9.17) is 99.5 Å². The molecule has 0 radical (unpaired) electrons. The molecule has 11 heterocycles. The van der Waals surface area contributed by atoms with Gasteiger partial charge in [0.1, 0.15) is 262 Å². The number of rotatable bonds is 34. The minimum Gasteiger partial charge on any atom is -0.394 e. The maximum atomic E-state index is 13.3. The van der Waals surface area contributed by atoms with Crippen molar-refractivity contribution in [3.8, 4) is 0 Å². The molecule has 4 amide bonds. The number of amides is 4. The van der Waals surface area contributed by atoms with Gasteiger partial charge in [0, 0.05) is 27.7 Å². The smallest absolute Gasteiger partial charge is 0.217 e. The van der Waals surface area contributed by atoms with Gasteiger partial charge in [-0.25, -0.2) is 0 Å². The van der Waals surface area contributed by atoms with Crippen LogP contribution in [0, 0.1) is 0 Å². The molecule has 0 bridgehead atoms. The van der Waals surface area contributed by atoms with E-state index in [9.17, 15) is 172 Å². The molecule has 0 aliphatic carbocycles. The molecule has 0 aromatic heterocycles. The number of carbonyl (C=O) groups is 4. The normalized spacial score (nSPS) is 50.1. The Bertz CT molecular complexity index is 3630. The summed E-state index contributed by atoms with van der Waals surface area (Å²) in [5.41, 5.74) is 0. The van der Waals surface area contributed by atoms with Crippen LogP contribution in [0.5, 0.6) is 0 Å². The zero-order valence-electron chi connectivity index (χ0n) is 71.4. The first-order chi connectivity index (χ1) is 62.9. The predicted octanol–water partition coefficient (Wildman–Crippen LogP) is -23.4. The first-order valence-electron chi connectivity index (χ1n) is 42.5. The lowest BCUT2D eigenvalue weighted by Crippen LogP contribution is -2.71. The summed E-state index contributed by atoms with van der Waals surface area (Å²) in [4.78, 5) is 52.1. The van der Waals surface area contributed by atoms with Crippen molar-refractivity contribution < 1.29 is 272 Å². The summed E-state index contributed by atoms with van der Waals surface area (Å²) in [6, 6.07) is -7.87. The molecule has 11 fully saturated rings. The summed E-state index contributed by atoms with van der Waals surface area (Å²) in [6.45, 7) is -6.29. The largest absolute Gasteiger partial charge is 0.394 e. The Morgan fingerprint density at radius 1 is 0.211 bits per heavy atom. The molecule has 59 nitrogen and oxygen atoms in total. The van der Waals surface area contributed by atoms with Gasteiger partial charge < -0.3 is 274 Å². The second-order valence-electron chi connectivity index (χ2n) is 33.8. The van der Waals surface area contributed by atoms with Gasteiger partial charge in [-0.2, -0.15) is 0 Å². The average Bonchev–Trinajstić information content (AvgIpc) is 0.801. The number of hydrogen-bond donors (Lipinski definition) is 34. The van der Waals surface area contributed by atoms with Crippen molar-refractivity contribution in [2.24, 2.45) is 0 Å². The molecule has 770 valence electrons. The molecule has 11 aliphatic rings. The van der Waals surface area contributed by atoms with Crippen LogP contribution in [-0.2, 0) is 119 Å². The van der Waals surface area contributed by atoms with Gasteiger partial charge in [-0.1, -0.05) is 0 Å². The van der Waals surface area contributed by atoms with Crippen molar-refractivity contribution in [2.45, 2.75) is 372 Å². The van der Waals surface area contributed by atoms with Crippen LogP contribution < -0.4 is 21.3 Å². The van der Waals surface area contributed by atoms with Crippen molar-refractivity contribution in [2.75, 3.05) is 66.1 Å². The number of aliphatic hydroxyl groups excluding tert-OH is 30. The standard InChI is InChI=1S/C74H124N4O55/c1-16-35(91)46(102)51(107)68(115-16)113-15-30-59(42(98)31(64(112)116-30)75-17(2)87)126-65-32(76-18(3)88)43(99)58(27(12-85)122-65)129-72-55(111)61(41(97)29(125-72)14-114-73-62(49(105)38(94)23(8-81)120-73)132-66-33(77-19(4)89)44(100)56(26(11-84)123-66)127-69-52(108)47(103)36(92)21(6-79)117-69)131-74-63(50(106)39(95)24(9-82)121-74)133-67-34(78-20(5)90)45(101)57(28(13-86)124-67)128-71-54(110)60(40(96)25(10-83)119-71)130-70-53(109)48(104)37(93)22(7-80)118-70/h16,21-74,79-86,91-112H,6-15H2,1-5H3,(H,75,87)(H,76,88)(H,77,89)(H,78,90)/t16-,21+,22+,23+,24+,25+,26+,27+,28+,29+,30+,31+,32+,33+,34-,35+,36-,37-,38+,39+,40-,41+,42+,43+,44+,45+,46+,47-,48-,49-,50-,51-,52+,53+,54+,55-,56+,57+,58+,59+,60-,61-,62-,63-,64+,65-,66-,67-,68+,69-,70-,71-,72-,73-,74+/m0/s1. The third-order valence-electron chi connectivity index (χ3n) is 24.5. The predicted molar refractivity (Wildman–Crippen MR) is 407 cm³/mol. The molecule has 0 saturated carbocycles. The number of hydrogen-bond acceptors (Lipinski definition) is 55. The van der Waals surface area contributed by atoms with Crippen molar-refractivity contribution >= 4 is 23.6 Å². The molecule has 34 N–H and O–H groups in total. The lowest BCUT2D eigenvalue weighted by Gasteiger charge is -2.51. The van der Waals surface area contributed by atoms with Crippen molar-refractivity contribution in [3.63, 3.8) is 0 Å². The molecule has 133 heavy (non-hydrogen) atoms. The molecule has 11 rings (SSSR count). The lowest BCUT2D eigenvalue weighted by molar-refractivity contribution is -0.400. The Labute approximate surface area is 752 Å². The van der Waals surface area contributed by atoms with Crippen LogP contribution >= 0.6 is 0 Å². The number of aliphatic hydroxyl groups is 30. The van der Waals surface area contributed by atoms with Crippen molar-refractivity contribution in [3.05, 3.63) is 0 Å². The summed E-state index contributed by atoms with van der Waals surface area (Å²) in [5, 5.41) is 345. The van der Waals surface area contributed by atoms with E-state index >= 15 is 0 Å². The van der Waals surface area contributed by atoms with E-state index in [0.29, 0.717) is 0 Å². The Kier molecular flexibility index (Phi) is 39.1. The maximum absolute atomic E-state index is 13.3. The van der Waals surface area contributed by atoms with Crippen LogP contribution in [-0.4, -0.2) is 580 Å². The van der Waals surface area contributed by atoms with Crippen LogP contribution in [0.15, 0.2) is 0 Å². The Balaban J connectivity index is 0.915. The van der Waals surface area contributed by atoms with Crippen molar-refractivity contribution in [1.82, 2.24) is 21.3 Å². The topological polar surface area (TPSA) is 917 Å². The van der Waals surface area contributed by atoms with Gasteiger partial charge in [0.25, 0.3) is 0 Å². The first-order valence-corrected chi connectivity index (χ1v) is 42.5. The summed E-state index contributed by atoms with van der Waals surface area (Å²) >= 11 is 0. The van der Waals surface area contributed by atoms with Gasteiger partial charge >= 0.3 is 0 Å². The Morgan fingerprint density at radius 2 is 0.459 bits per heavy atom. The third kappa shape index (κ3) is 24.1. The molecular weight excluding hydrogens is 1820 g/mol. The van der Waals surface area contributed by atoms with Crippen molar-refractivity contribution in [1.29, 1.82) is 0 Å². The minimum absolute atomic E-state index is 0.860. The number of nitrogens with one attached hydrogen (secondary N) is 4. The van der Waals surface area contributed by atoms with E-state index in [-0.39, 0.29) is 0 Å². The highest BCUT2D eigenvalue weighted by Crippen LogP contribution is 2.42. The fraction of sp³-hybridized carbons (Fsp3) is 0.946. The van der Waals surface area contributed by atoms with Gasteiger partial charge in [0.2, 0.25) is 23.6 Å². The molecule has 59 heteroatoms. The van der Waals surface area contributed by atoms with Crippen LogP contribution in [0.2, 0.25) is 0 Å². The SMILES string of the molecule is CC(=O)N[C@@H]1[C@H](O[C@@H]2[C@@H](O[C@@H]3[C@H](O)[C@H](O[C@H]4[C@H](O)[C@@H](NC(C)=O)[C@H](O[C@H]5[C@H](O)[C@@H](NC(C)=O)[C@H](O)O[C@@H]5CO[C@@H]5O[C@@H](C)[C@@H](O)[C@@H](O)[C@@H]5O)O[C@@H]4CO)O[C@H](CO[C@H]4O[C@H](CO)[C@@H](O)[C@H](O)[C@@H]4O[C@@H]4O[C@H](CO)[C@@H](O[C@@H]5O[C@H](CO)[C@H](O)[C@H](O)[C@H]5O)[C@H](O)[C@H]4NC(C)=O)[C@H]3O)O[C@H](CO)[C@@H](O)[C@@H]2O)O[C@H](CO)[C@@H](O[C@@H]2O[C@H](CO)[C@H](O)[C@H](O[C@@H]3O[C@H](CO)[C@H](O)[C@H](O)[C@H]3O)[C@H]2O)[C@@H]1O. The Morgan fingerprint density at radius 3 is 0.842 bits per heavy atom. The zero-order chi connectivity index (χ0) is 97.8. The molecule has 11 aliphatic heterocycles. The second kappa shape index (κ2) is 47.6. The van der Waals surface area contributed by atoms with Gasteiger partial charge in [-0.15, -0.1) is 0 Å². The van der Waals surface area contributed by atoms with E-state index in [1.165, 1.54) is 6.92 Å². The summed E-state index contributed by atoms with van der Waals surface area (Å²) in [5.74, 6) is -3.87. The molecule has 0 unspecified atom stereocenters. The molecule has 0 aromatic rings. The van der Waals surface area contributed by atoms with E-state index in [1.807, 2.05) is 0 Å². The van der Waals surface area contributed by atoms with E-state index in [0.717, 1.165) is 27.7 Å². The summed E-state index contributed by atoms with van der Waals surface area (Å²) in [7, 11) is 0. The lowest BCUT2D eigenvalue weighted by atomic mass is 9.93. The number of carbonyl (C=O) groups excluding carboxylic acids is 4. The fourth-order valence-corrected chi connectivity index (χ4v) is 17.3. The quantitative estimate of drug-likeness (QED) is 0.0284. The summed E-state index contributed by atoms with van der Waals surface area (Å²) in [6.07, 6.45) is -107. The van der Waals surface area contributed by atoms with Gasteiger partial charge in [0.05, 0.1) is 72.2 Å². The van der Waals surface area contributed by atoms with Gasteiger partial charge in [0.15, 0.2) is 69.2 Å². The van der Waals surface area contributed by atoms with Crippen LogP contribution in [0.1, 0.15) is 34.6 Å². The van der Waals surface area contributed by atoms with Gasteiger partial charge in [-0.3, -0.25) is 19.2 Å². The van der Waals surface area contributed by atoms with E-state index in [1.54, 1.807) is 0 Å². The monoisotopic (exact) mass is 1950 g/mol. The molecule has 55 atom stereocenters.